The molecular formula is C38H42N6O5S. The van der Waals surface area contributed by atoms with Crippen LogP contribution in [-0.4, -0.2) is 53.7 Å². The van der Waals surface area contributed by atoms with E-state index in [1.54, 1.807) is 18.5 Å². The molecule has 0 bridgehead atoms. The highest BCUT2D eigenvalue weighted by molar-refractivity contribution is 7.14. The minimum atomic E-state index is -0.488. The van der Waals surface area contributed by atoms with E-state index >= 15 is 0 Å². The Morgan fingerprint density at radius 3 is 2.42 bits per heavy atom. The van der Waals surface area contributed by atoms with Crippen LogP contribution < -0.4 is 25.4 Å². The molecule has 0 atom stereocenters. The molecule has 1 saturated heterocycles. The van der Waals surface area contributed by atoms with Crippen LogP contribution in [0.1, 0.15) is 62.3 Å². The van der Waals surface area contributed by atoms with Crippen LogP contribution in [-0.2, 0) is 16.7 Å². The Labute approximate surface area is 296 Å². The van der Waals surface area contributed by atoms with Crippen molar-refractivity contribution in [3.05, 3.63) is 89.2 Å². The fourth-order valence-electron chi connectivity index (χ4n) is 5.86. The maximum atomic E-state index is 13.6. The third-order valence-electron chi connectivity index (χ3n) is 8.37. The van der Waals surface area contributed by atoms with Crippen molar-refractivity contribution in [2.45, 2.75) is 52.5 Å². The second kappa shape index (κ2) is 15.1. The van der Waals surface area contributed by atoms with Gasteiger partial charge in [0.2, 0.25) is 0 Å². The van der Waals surface area contributed by atoms with E-state index in [2.05, 4.69) is 51.6 Å². The van der Waals surface area contributed by atoms with Gasteiger partial charge in [0.1, 0.15) is 11.5 Å². The molecule has 0 radical (unpaired) electrons. The van der Waals surface area contributed by atoms with Crippen molar-refractivity contribution < 1.29 is 23.8 Å². The average molecular weight is 695 g/mol. The molecule has 1 fully saturated rings. The number of hydrogen-bond acceptors (Lipinski definition) is 10. The molecule has 0 unspecified atom stereocenters. The van der Waals surface area contributed by atoms with Gasteiger partial charge in [-0.25, -0.2) is 14.6 Å². The first-order valence-corrected chi connectivity index (χ1v) is 17.6. The van der Waals surface area contributed by atoms with Crippen molar-refractivity contribution in [3.8, 4) is 17.2 Å². The number of rotatable bonds is 11. The SMILES string of the molecule is CCOC(=O)c1csc(Nc2cc(C(C)(C)C)cc(NC(=O)Nc3ccc(Oc4ccnc(CN5CCCC5)c4)c4ccccc34)c2OC)n1. The number of likely N-dealkylation sites (tertiary alicyclic amines) is 1. The van der Waals surface area contributed by atoms with Gasteiger partial charge in [0.05, 0.1) is 36.5 Å². The summed E-state index contributed by atoms with van der Waals surface area (Å²) >= 11 is 1.27. The third kappa shape index (κ3) is 8.15. The second-order valence-electron chi connectivity index (χ2n) is 13.0. The van der Waals surface area contributed by atoms with Crippen LogP contribution in [0.3, 0.4) is 0 Å². The number of nitrogens with one attached hydrogen (secondary N) is 3. The van der Waals surface area contributed by atoms with E-state index in [1.165, 1.54) is 31.3 Å². The van der Waals surface area contributed by atoms with Gasteiger partial charge in [-0.15, -0.1) is 11.3 Å². The highest BCUT2D eigenvalue weighted by atomic mass is 32.1. The van der Waals surface area contributed by atoms with Gasteiger partial charge in [-0.2, -0.15) is 0 Å². The number of carbonyl (C=O) groups is 2. The quantitative estimate of drug-likeness (QED) is 0.116. The standard InChI is InChI=1S/C38H42N6O5S/c1-6-48-35(45)32-23-50-37(43-32)42-31-20-24(38(2,3)4)19-30(34(31)47-5)41-36(46)40-29-13-14-33(28-12-8-7-11-27(28)29)49-26-15-16-39-25(21-26)22-44-17-9-10-18-44/h7-8,11-16,19-21,23H,6,9-10,17-18,22H2,1-5H3,(H,42,43)(H2,40,41,46). The summed E-state index contributed by atoms with van der Waals surface area (Å²) in [5.74, 6) is 1.31. The Balaban J connectivity index is 1.23. The Hall–Kier alpha value is -5.20. The maximum Gasteiger partial charge on any atom is 0.357 e. The van der Waals surface area contributed by atoms with Gasteiger partial charge in [-0.1, -0.05) is 45.0 Å². The maximum absolute atomic E-state index is 13.6. The van der Waals surface area contributed by atoms with Gasteiger partial charge in [0.15, 0.2) is 16.6 Å². The number of esters is 1. The summed E-state index contributed by atoms with van der Waals surface area (Å²) in [7, 11) is 1.54. The van der Waals surface area contributed by atoms with Crippen LogP contribution in [0.15, 0.2) is 72.2 Å². The largest absolute Gasteiger partial charge is 0.492 e. The van der Waals surface area contributed by atoms with Crippen LogP contribution in [0.4, 0.5) is 27.0 Å². The molecule has 50 heavy (non-hydrogen) atoms. The average Bonchev–Trinajstić information content (AvgIpc) is 3.78. The van der Waals surface area contributed by atoms with Crippen LogP contribution >= 0.6 is 11.3 Å². The summed E-state index contributed by atoms with van der Waals surface area (Å²) in [6.07, 6.45) is 4.23. The number of thiazole rings is 1. The first-order valence-electron chi connectivity index (χ1n) is 16.7. The minimum absolute atomic E-state index is 0.217. The number of ether oxygens (including phenoxy) is 3. The monoisotopic (exact) mass is 694 g/mol. The van der Waals surface area contributed by atoms with Crippen LogP contribution in [0.5, 0.6) is 17.2 Å². The number of aromatic nitrogens is 2. The number of benzene rings is 3. The lowest BCUT2D eigenvalue weighted by Gasteiger charge is -2.24. The van der Waals surface area contributed by atoms with Gasteiger partial charge < -0.3 is 30.2 Å². The van der Waals surface area contributed by atoms with Gasteiger partial charge >= 0.3 is 12.0 Å². The molecule has 6 rings (SSSR count). The summed E-state index contributed by atoms with van der Waals surface area (Å²) in [6, 6.07) is 18.7. The fourth-order valence-corrected chi connectivity index (χ4v) is 6.55. The number of fused-ring (bicyclic) bond motifs is 1. The summed E-state index contributed by atoms with van der Waals surface area (Å²) in [4.78, 5) is 37.2. The zero-order valence-corrected chi connectivity index (χ0v) is 29.8. The normalized spacial score (nSPS) is 13.2. The molecule has 12 heteroatoms. The first-order chi connectivity index (χ1) is 24.1. The van der Waals surface area contributed by atoms with Crippen molar-refractivity contribution in [1.29, 1.82) is 0 Å². The van der Waals surface area contributed by atoms with E-state index < -0.39 is 12.0 Å². The predicted molar refractivity (Wildman–Crippen MR) is 198 cm³/mol. The predicted octanol–water partition coefficient (Wildman–Crippen LogP) is 8.95. The zero-order chi connectivity index (χ0) is 35.3. The molecule has 260 valence electrons. The number of hydrogen-bond donors (Lipinski definition) is 3. The van der Waals surface area contributed by atoms with Crippen LogP contribution in [0, 0.1) is 0 Å². The molecule has 5 aromatic rings. The van der Waals surface area contributed by atoms with Crippen molar-refractivity contribution in [2.24, 2.45) is 0 Å². The van der Waals surface area contributed by atoms with Gasteiger partial charge in [0, 0.05) is 35.0 Å². The van der Waals surface area contributed by atoms with Crippen molar-refractivity contribution in [3.63, 3.8) is 0 Å². The van der Waals surface area contributed by atoms with Gasteiger partial charge in [-0.3, -0.25) is 9.88 Å². The highest BCUT2D eigenvalue weighted by Crippen LogP contribution is 2.41. The van der Waals surface area contributed by atoms with E-state index in [9.17, 15) is 9.59 Å². The minimum Gasteiger partial charge on any atom is -0.492 e. The molecule has 1 aliphatic rings. The number of carbonyl (C=O) groups excluding carboxylic acids is 2. The Morgan fingerprint density at radius 2 is 1.68 bits per heavy atom. The van der Waals surface area contributed by atoms with Crippen molar-refractivity contribution in [1.82, 2.24) is 14.9 Å². The third-order valence-corrected chi connectivity index (χ3v) is 9.13. The van der Waals surface area contributed by atoms with Crippen LogP contribution in [0.2, 0.25) is 0 Å². The fraction of sp³-hybridized carbons (Fsp3) is 0.316. The molecular weight excluding hydrogens is 653 g/mol. The summed E-state index contributed by atoms with van der Waals surface area (Å²) < 4.78 is 17.3. The Kier molecular flexibility index (Phi) is 10.5. The van der Waals surface area contributed by atoms with Crippen molar-refractivity contribution in [2.75, 3.05) is 42.8 Å². The molecule has 0 spiro atoms. The number of amides is 2. The van der Waals surface area contributed by atoms with E-state index in [-0.39, 0.29) is 17.7 Å². The van der Waals surface area contributed by atoms with Crippen molar-refractivity contribution >= 4 is 56.3 Å². The molecule has 3 N–H and O–H groups in total. The second-order valence-corrected chi connectivity index (χ2v) is 13.9. The number of urea groups is 1. The Morgan fingerprint density at radius 1 is 0.940 bits per heavy atom. The molecule has 1 aliphatic heterocycles. The molecule has 2 amide bonds. The number of pyridine rings is 1. The first kappa shape index (κ1) is 34.7. The number of nitrogens with zero attached hydrogens (tertiary/aromatic N) is 3. The lowest BCUT2D eigenvalue weighted by Crippen LogP contribution is -2.21. The molecule has 3 aromatic carbocycles. The smallest absolute Gasteiger partial charge is 0.357 e. The number of methoxy groups -OCH3 is 1. The summed E-state index contributed by atoms with van der Waals surface area (Å²) in [5, 5.41) is 13.1. The van der Waals surface area contributed by atoms with Crippen LogP contribution in [0.25, 0.3) is 10.8 Å². The van der Waals surface area contributed by atoms with Gasteiger partial charge in [0.25, 0.3) is 0 Å². The topological polar surface area (TPSA) is 127 Å². The lowest BCUT2D eigenvalue weighted by molar-refractivity contribution is 0.0520. The molecule has 0 saturated carbocycles. The molecule has 0 aliphatic carbocycles. The summed E-state index contributed by atoms with van der Waals surface area (Å²) in [6.45, 7) is 11.3. The molecule has 2 aromatic heterocycles. The van der Waals surface area contributed by atoms with E-state index in [4.69, 9.17) is 14.2 Å². The van der Waals surface area contributed by atoms with E-state index in [0.717, 1.165) is 41.7 Å². The number of anilines is 4. The summed E-state index contributed by atoms with van der Waals surface area (Å²) in [5.41, 5.74) is 3.55. The van der Waals surface area contributed by atoms with E-state index in [1.807, 2.05) is 60.7 Å². The molecule has 11 nitrogen and oxygen atoms in total. The highest BCUT2D eigenvalue weighted by Gasteiger charge is 2.23. The van der Waals surface area contributed by atoms with E-state index in [0.29, 0.717) is 39.4 Å². The molecule has 3 heterocycles. The Bertz CT molecular complexity index is 2000. The zero-order valence-electron chi connectivity index (χ0n) is 29.0. The lowest BCUT2D eigenvalue weighted by atomic mass is 9.86. The van der Waals surface area contributed by atoms with Gasteiger partial charge in [-0.05, 0) is 74.2 Å².